The van der Waals surface area contributed by atoms with Crippen LogP contribution < -0.4 is 0 Å². The van der Waals surface area contributed by atoms with Gasteiger partial charge in [0.05, 0.1) is 22.8 Å². The van der Waals surface area contributed by atoms with Crippen molar-refractivity contribution >= 4 is 7.12 Å². The molecule has 1 heterocycles. The van der Waals surface area contributed by atoms with Crippen LogP contribution in [0.3, 0.4) is 0 Å². The van der Waals surface area contributed by atoms with Gasteiger partial charge < -0.3 is 9.31 Å². The van der Waals surface area contributed by atoms with E-state index in [9.17, 15) is 0 Å². The summed E-state index contributed by atoms with van der Waals surface area (Å²) in [6, 6.07) is 9.65. The maximum atomic E-state index is 8.75. The van der Waals surface area contributed by atoms with E-state index in [1.165, 1.54) is 0 Å². The highest BCUT2D eigenvalue weighted by atomic mass is 16.7. The van der Waals surface area contributed by atoms with Gasteiger partial charge in [-0.1, -0.05) is 12.1 Å². The predicted octanol–water partition coefficient (Wildman–Crippen LogP) is 2.73. The Morgan fingerprint density at radius 2 is 1.56 bits per heavy atom. The minimum absolute atomic E-state index is 0.220. The third kappa shape index (κ3) is 2.43. The average molecular weight is 243 g/mol. The summed E-state index contributed by atoms with van der Waals surface area (Å²) in [4.78, 5) is 0. The quantitative estimate of drug-likeness (QED) is 0.750. The second kappa shape index (κ2) is 4.42. The Bertz CT molecular complexity index is 458. The molecule has 1 saturated heterocycles. The zero-order valence-corrected chi connectivity index (χ0v) is 11.4. The second-order valence-corrected chi connectivity index (χ2v) is 5.70. The Balaban J connectivity index is 2.06. The van der Waals surface area contributed by atoms with Crippen LogP contribution in [-0.4, -0.2) is 18.3 Å². The summed E-state index contributed by atoms with van der Waals surface area (Å²) in [7, 11) is -0.220. The number of nitrogens with zero attached hydrogens (tertiary/aromatic N) is 1. The van der Waals surface area contributed by atoms with Crippen molar-refractivity contribution in [2.45, 2.75) is 45.2 Å². The molecule has 1 aliphatic heterocycles. The largest absolute Gasteiger partial charge is 0.462 e. The molecule has 1 aliphatic rings. The topological polar surface area (TPSA) is 42.2 Å². The number of nitriles is 1. The molecule has 0 radical (unpaired) electrons. The standard InChI is InChI=1S/C14H18BNO2/c1-13(2)14(3,4)18-15(17-13)9-11-5-7-12(10-16)8-6-11/h5-8H,9H2,1-4H3. The van der Waals surface area contributed by atoms with E-state index < -0.39 is 0 Å². The van der Waals surface area contributed by atoms with Crippen LogP contribution in [0.1, 0.15) is 38.8 Å². The molecular formula is C14H18BNO2. The summed E-state index contributed by atoms with van der Waals surface area (Å²) in [5, 5.41) is 8.75. The fourth-order valence-corrected chi connectivity index (χ4v) is 1.96. The minimum Gasteiger partial charge on any atom is -0.403 e. The zero-order valence-electron chi connectivity index (χ0n) is 11.4. The number of hydrogen-bond acceptors (Lipinski definition) is 3. The molecule has 4 heteroatoms. The lowest BCUT2D eigenvalue weighted by Gasteiger charge is -2.32. The predicted molar refractivity (Wildman–Crippen MR) is 70.9 cm³/mol. The fourth-order valence-electron chi connectivity index (χ4n) is 1.96. The Kier molecular flexibility index (Phi) is 3.22. The molecule has 2 rings (SSSR count). The van der Waals surface area contributed by atoms with Crippen molar-refractivity contribution in [3.8, 4) is 6.07 Å². The van der Waals surface area contributed by atoms with Crippen LogP contribution in [0.4, 0.5) is 0 Å². The van der Waals surface area contributed by atoms with E-state index in [0.29, 0.717) is 11.9 Å². The van der Waals surface area contributed by atoms with Crippen molar-refractivity contribution in [2.75, 3.05) is 0 Å². The van der Waals surface area contributed by atoms with Crippen molar-refractivity contribution in [3.05, 3.63) is 35.4 Å². The molecule has 0 spiro atoms. The molecule has 0 atom stereocenters. The van der Waals surface area contributed by atoms with Crippen molar-refractivity contribution in [3.63, 3.8) is 0 Å². The van der Waals surface area contributed by atoms with Crippen LogP contribution in [0.15, 0.2) is 24.3 Å². The fraction of sp³-hybridized carbons (Fsp3) is 0.500. The van der Waals surface area contributed by atoms with Gasteiger partial charge in [-0.05, 0) is 45.4 Å². The van der Waals surface area contributed by atoms with Crippen molar-refractivity contribution in [2.24, 2.45) is 0 Å². The van der Waals surface area contributed by atoms with Gasteiger partial charge in [0.2, 0.25) is 0 Å². The lowest BCUT2D eigenvalue weighted by Crippen LogP contribution is -2.41. The van der Waals surface area contributed by atoms with Gasteiger partial charge >= 0.3 is 7.12 Å². The Morgan fingerprint density at radius 3 is 2.00 bits per heavy atom. The molecule has 0 N–H and O–H groups in total. The molecule has 0 aromatic heterocycles. The highest BCUT2D eigenvalue weighted by molar-refractivity contribution is 6.45. The number of hydrogen-bond donors (Lipinski definition) is 0. The normalized spacial score (nSPS) is 20.7. The monoisotopic (exact) mass is 243 g/mol. The van der Waals surface area contributed by atoms with Gasteiger partial charge in [-0.25, -0.2) is 0 Å². The molecule has 0 amide bonds. The van der Waals surface area contributed by atoms with Crippen LogP contribution in [0.5, 0.6) is 0 Å². The molecule has 0 aliphatic carbocycles. The summed E-state index contributed by atoms with van der Waals surface area (Å²) < 4.78 is 11.9. The minimum atomic E-state index is -0.287. The van der Waals surface area contributed by atoms with Gasteiger partial charge in [0.1, 0.15) is 0 Å². The molecule has 18 heavy (non-hydrogen) atoms. The maximum Gasteiger partial charge on any atom is 0.462 e. The van der Waals surface area contributed by atoms with E-state index in [2.05, 4.69) is 6.07 Å². The first kappa shape index (κ1) is 13.1. The lowest BCUT2D eigenvalue weighted by molar-refractivity contribution is 0.00578. The van der Waals surface area contributed by atoms with Gasteiger partial charge in [0, 0.05) is 6.32 Å². The van der Waals surface area contributed by atoms with Crippen LogP contribution in [0, 0.1) is 11.3 Å². The van der Waals surface area contributed by atoms with Gasteiger partial charge in [-0.3, -0.25) is 0 Å². The summed E-state index contributed by atoms with van der Waals surface area (Å²) in [6.07, 6.45) is 0.707. The molecule has 3 nitrogen and oxygen atoms in total. The van der Waals surface area contributed by atoms with Gasteiger partial charge in [0.25, 0.3) is 0 Å². The maximum absolute atomic E-state index is 8.75. The van der Waals surface area contributed by atoms with Gasteiger partial charge in [-0.15, -0.1) is 0 Å². The average Bonchev–Trinajstić information content (AvgIpc) is 2.48. The molecule has 1 aromatic rings. The van der Waals surface area contributed by atoms with E-state index in [-0.39, 0.29) is 18.3 Å². The van der Waals surface area contributed by atoms with E-state index in [4.69, 9.17) is 14.6 Å². The van der Waals surface area contributed by atoms with Crippen molar-refractivity contribution < 1.29 is 9.31 Å². The molecular weight excluding hydrogens is 225 g/mol. The summed E-state index contributed by atoms with van der Waals surface area (Å²) >= 11 is 0. The Morgan fingerprint density at radius 1 is 1.06 bits per heavy atom. The molecule has 0 bridgehead atoms. The molecule has 1 aromatic carbocycles. The van der Waals surface area contributed by atoms with Crippen LogP contribution in [0.25, 0.3) is 0 Å². The lowest BCUT2D eigenvalue weighted by atomic mass is 9.80. The van der Waals surface area contributed by atoms with E-state index >= 15 is 0 Å². The van der Waals surface area contributed by atoms with Crippen molar-refractivity contribution in [1.82, 2.24) is 0 Å². The summed E-state index contributed by atoms with van der Waals surface area (Å²) in [6.45, 7) is 8.19. The molecule has 0 saturated carbocycles. The first-order valence-electron chi connectivity index (χ1n) is 6.19. The first-order chi connectivity index (χ1) is 8.34. The Hall–Kier alpha value is -1.31. The second-order valence-electron chi connectivity index (χ2n) is 5.70. The van der Waals surface area contributed by atoms with Crippen LogP contribution in [-0.2, 0) is 15.6 Å². The Labute approximate surface area is 109 Å². The summed E-state index contributed by atoms with van der Waals surface area (Å²) in [5.41, 5.74) is 1.22. The first-order valence-corrected chi connectivity index (χ1v) is 6.19. The smallest absolute Gasteiger partial charge is 0.403 e. The van der Waals surface area contributed by atoms with E-state index in [1.807, 2.05) is 52.0 Å². The molecule has 0 unspecified atom stereocenters. The van der Waals surface area contributed by atoms with Gasteiger partial charge in [-0.2, -0.15) is 5.26 Å². The van der Waals surface area contributed by atoms with E-state index in [0.717, 1.165) is 5.56 Å². The highest BCUT2D eigenvalue weighted by Crippen LogP contribution is 2.37. The molecule has 94 valence electrons. The number of benzene rings is 1. The van der Waals surface area contributed by atoms with Gasteiger partial charge in [0.15, 0.2) is 0 Å². The summed E-state index contributed by atoms with van der Waals surface area (Å²) in [5.74, 6) is 0. The zero-order chi connectivity index (χ0) is 13.4. The number of rotatable bonds is 2. The third-order valence-electron chi connectivity index (χ3n) is 3.79. The molecule has 1 fully saturated rings. The SMILES string of the molecule is CC1(C)OB(Cc2ccc(C#N)cc2)OC1(C)C. The van der Waals surface area contributed by atoms with Crippen molar-refractivity contribution in [1.29, 1.82) is 5.26 Å². The third-order valence-corrected chi connectivity index (χ3v) is 3.79. The van der Waals surface area contributed by atoms with E-state index in [1.54, 1.807) is 0 Å². The van der Waals surface area contributed by atoms with Crippen LogP contribution in [0.2, 0.25) is 0 Å². The van der Waals surface area contributed by atoms with Crippen LogP contribution >= 0.6 is 0 Å². The highest BCUT2D eigenvalue weighted by Gasteiger charge is 2.50.